The van der Waals surface area contributed by atoms with E-state index in [-0.39, 0.29) is 0 Å². The maximum Gasteiger partial charge on any atom is -0.0108 e. The summed E-state index contributed by atoms with van der Waals surface area (Å²) in [5.41, 5.74) is 1.94. The van der Waals surface area contributed by atoms with Gasteiger partial charge in [0.15, 0.2) is 0 Å². The Morgan fingerprint density at radius 3 is 2.20 bits per heavy atom. The van der Waals surface area contributed by atoms with Crippen molar-refractivity contribution in [2.75, 3.05) is 0 Å². The minimum Gasteiger partial charge on any atom is -0.0654 e. The lowest BCUT2D eigenvalue weighted by Crippen LogP contribution is -2.24. The van der Waals surface area contributed by atoms with Gasteiger partial charge >= 0.3 is 0 Å². The standard InChI is InChI=1S/C20H34/c1-6-8-15-20(4,5)19(16-17(3)12-7-2)18-13-10-9-11-14-18/h9-11,13-14,17,19H,6-8,12,15-16H2,1-5H3. The molecule has 0 fully saturated rings. The van der Waals surface area contributed by atoms with Crippen molar-refractivity contribution < 1.29 is 0 Å². The van der Waals surface area contributed by atoms with Gasteiger partial charge in [-0.1, -0.05) is 90.6 Å². The molecule has 0 bridgehead atoms. The van der Waals surface area contributed by atoms with Gasteiger partial charge in [-0.3, -0.25) is 0 Å². The Kier molecular flexibility index (Phi) is 7.34. The molecule has 1 aromatic carbocycles. The van der Waals surface area contributed by atoms with Crippen LogP contribution in [0.25, 0.3) is 0 Å². The summed E-state index contributed by atoms with van der Waals surface area (Å²) in [6, 6.07) is 11.2. The van der Waals surface area contributed by atoms with Crippen LogP contribution in [0.5, 0.6) is 0 Å². The van der Waals surface area contributed by atoms with Gasteiger partial charge in [0.2, 0.25) is 0 Å². The monoisotopic (exact) mass is 274 g/mol. The van der Waals surface area contributed by atoms with Gasteiger partial charge in [0, 0.05) is 0 Å². The van der Waals surface area contributed by atoms with E-state index < -0.39 is 0 Å². The van der Waals surface area contributed by atoms with Crippen molar-refractivity contribution in [3.63, 3.8) is 0 Å². The lowest BCUT2D eigenvalue weighted by atomic mass is 9.68. The minimum atomic E-state index is 0.402. The summed E-state index contributed by atoms with van der Waals surface area (Å²) in [5, 5.41) is 0. The van der Waals surface area contributed by atoms with Crippen LogP contribution in [-0.4, -0.2) is 0 Å². The fourth-order valence-electron chi connectivity index (χ4n) is 3.41. The van der Waals surface area contributed by atoms with Gasteiger partial charge in [-0.25, -0.2) is 0 Å². The number of hydrogen-bond acceptors (Lipinski definition) is 0. The maximum atomic E-state index is 2.47. The fraction of sp³-hybridized carbons (Fsp3) is 0.700. The lowest BCUT2D eigenvalue weighted by Gasteiger charge is -2.37. The van der Waals surface area contributed by atoms with Crippen molar-refractivity contribution in [3.05, 3.63) is 35.9 Å². The van der Waals surface area contributed by atoms with E-state index in [2.05, 4.69) is 65.0 Å². The van der Waals surface area contributed by atoms with Crippen LogP contribution in [0.2, 0.25) is 0 Å². The van der Waals surface area contributed by atoms with Gasteiger partial charge in [-0.15, -0.1) is 0 Å². The third-order valence-electron chi connectivity index (χ3n) is 4.74. The molecule has 2 atom stereocenters. The summed E-state index contributed by atoms with van der Waals surface area (Å²) in [5.74, 6) is 1.52. The molecule has 0 aliphatic heterocycles. The summed E-state index contributed by atoms with van der Waals surface area (Å²) >= 11 is 0. The molecule has 0 heterocycles. The Balaban J connectivity index is 2.89. The quantitative estimate of drug-likeness (QED) is 0.464. The Morgan fingerprint density at radius 2 is 1.65 bits per heavy atom. The average molecular weight is 274 g/mol. The molecule has 0 aliphatic carbocycles. The zero-order valence-electron chi connectivity index (χ0n) is 14.3. The summed E-state index contributed by atoms with van der Waals surface area (Å²) in [4.78, 5) is 0. The molecule has 0 heteroatoms. The maximum absolute atomic E-state index is 2.47. The molecule has 1 aromatic rings. The molecule has 0 radical (unpaired) electrons. The summed E-state index contributed by atoms with van der Waals surface area (Å²) in [7, 11) is 0. The first-order chi connectivity index (χ1) is 9.51. The molecule has 0 spiro atoms. The zero-order valence-corrected chi connectivity index (χ0v) is 14.3. The molecular weight excluding hydrogens is 240 g/mol. The summed E-state index contributed by atoms with van der Waals surface area (Å²) < 4.78 is 0. The highest BCUT2D eigenvalue weighted by atomic mass is 14.4. The Labute approximate surface area is 127 Å². The molecule has 0 saturated heterocycles. The highest BCUT2D eigenvalue weighted by molar-refractivity contribution is 5.21. The van der Waals surface area contributed by atoms with E-state index in [1.165, 1.54) is 44.1 Å². The van der Waals surface area contributed by atoms with Crippen LogP contribution >= 0.6 is 0 Å². The predicted molar refractivity (Wildman–Crippen MR) is 91.2 cm³/mol. The van der Waals surface area contributed by atoms with Crippen LogP contribution in [0.3, 0.4) is 0 Å². The third-order valence-corrected chi connectivity index (χ3v) is 4.74. The number of hydrogen-bond donors (Lipinski definition) is 0. The van der Waals surface area contributed by atoms with Gasteiger partial charge in [0.1, 0.15) is 0 Å². The number of benzene rings is 1. The first kappa shape index (κ1) is 17.3. The fourth-order valence-corrected chi connectivity index (χ4v) is 3.41. The second-order valence-corrected chi connectivity index (χ2v) is 7.18. The van der Waals surface area contributed by atoms with Crippen molar-refractivity contribution in [1.82, 2.24) is 0 Å². The Hall–Kier alpha value is -0.780. The topological polar surface area (TPSA) is 0 Å². The molecule has 0 N–H and O–H groups in total. The van der Waals surface area contributed by atoms with E-state index in [4.69, 9.17) is 0 Å². The molecule has 1 rings (SSSR count). The molecule has 0 aromatic heterocycles. The smallest absolute Gasteiger partial charge is 0.0108 e. The van der Waals surface area contributed by atoms with E-state index >= 15 is 0 Å². The van der Waals surface area contributed by atoms with Gasteiger partial charge in [0.25, 0.3) is 0 Å². The Bertz CT molecular complexity index is 350. The van der Waals surface area contributed by atoms with Gasteiger partial charge in [0.05, 0.1) is 0 Å². The van der Waals surface area contributed by atoms with Crippen LogP contribution in [0.1, 0.15) is 84.6 Å². The van der Waals surface area contributed by atoms with Crippen LogP contribution in [0.15, 0.2) is 30.3 Å². The third kappa shape index (κ3) is 5.31. The number of unbranched alkanes of at least 4 members (excludes halogenated alkanes) is 1. The van der Waals surface area contributed by atoms with Crippen molar-refractivity contribution in [3.8, 4) is 0 Å². The molecule has 0 aliphatic rings. The van der Waals surface area contributed by atoms with Crippen molar-refractivity contribution in [2.24, 2.45) is 11.3 Å². The Morgan fingerprint density at radius 1 is 1.00 bits per heavy atom. The van der Waals surface area contributed by atoms with Gasteiger partial charge in [-0.05, 0) is 35.7 Å². The van der Waals surface area contributed by atoms with E-state index in [9.17, 15) is 0 Å². The molecule has 0 saturated carbocycles. The van der Waals surface area contributed by atoms with E-state index in [0.29, 0.717) is 11.3 Å². The first-order valence-corrected chi connectivity index (χ1v) is 8.56. The first-order valence-electron chi connectivity index (χ1n) is 8.56. The normalized spacial score (nSPS) is 15.1. The second kappa shape index (κ2) is 8.49. The molecule has 0 amide bonds. The van der Waals surface area contributed by atoms with E-state index in [1.54, 1.807) is 0 Å². The average Bonchev–Trinajstić information content (AvgIpc) is 2.44. The second-order valence-electron chi connectivity index (χ2n) is 7.18. The largest absolute Gasteiger partial charge is 0.0654 e. The summed E-state index contributed by atoms with van der Waals surface area (Å²) in [6.45, 7) is 12.0. The number of rotatable bonds is 9. The minimum absolute atomic E-state index is 0.402. The van der Waals surface area contributed by atoms with Crippen molar-refractivity contribution in [1.29, 1.82) is 0 Å². The van der Waals surface area contributed by atoms with E-state index in [0.717, 1.165) is 5.92 Å². The zero-order chi connectivity index (χ0) is 15.0. The van der Waals surface area contributed by atoms with Crippen molar-refractivity contribution >= 4 is 0 Å². The van der Waals surface area contributed by atoms with Crippen LogP contribution in [0.4, 0.5) is 0 Å². The van der Waals surface area contributed by atoms with Crippen LogP contribution < -0.4 is 0 Å². The molecular formula is C20H34. The molecule has 114 valence electrons. The van der Waals surface area contributed by atoms with Crippen molar-refractivity contribution in [2.45, 2.75) is 79.1 Å². The highest BCUT2D eigenvalue weighted by Gasteiger charge is 2.31. The van der Waals surface area contributed by atoms with E-state index in [1.807, 2.05) is 0 Å². The molecule has 2 unspecified atom stereocenters. The van der Waals surface area contributed by atoms with Gasteiger partial charge < -0.3 is 0 Å². The highest BCUT2D eigenvalue weighted by Crippen LogP contribution is 2.44. The predicted octanol–water partition coefficient (Wildman–Crippen LogP) is 6.81. The molecule has 0 nitrogen and oxygen atoms in total. The molecule has 20 heavy (non-hydrogen) atoms. The van der Waals surface area contributed by atoms with Crippen LogP contribution in [-0.2, 0) is 0 Å². The van der Waals surface area contributed by atoms with Crippen LogP contribution in [0, 0.1) is 11.3 Å². The SMILES string of the molecule is CCCCC(C)(C)C(CC(C)CCC)c1ccccc1. The summed E-state index contributed by atoms with van der Waals surface area (Å²) in [6.07, 6.45) is 7.97. The van der Waals surface area contributed by atoms with Gasteiger partial charge in [-0.2, -0.15) is 0 Å². The lowest BCUT2D eigenvalue weighted by molar-refractivity contribution is 0.219.